The number of rotatable bonds is 20. The van der Waals surface area contributed by atoms with Crippen molar-refractivity contribution in [3.8, 4) is 0 Å². The Morgan fingerprint density at radius 2 is 1.44 bits per heavy atom. The number of aromatic nitrogens is 2. The summed E-state index contributed by atoms with van der Waals surface area (Å²) in [6.45, 7) is 4.19. The summed E-state index contributed by atoms with van der Waals surface area (Å²) in [5, 5.41) is 0. The van der Waals surface area contributed by atoms with E-state index in [9.17, 15) is 23.6 Å². The van der Waals surface area contributed by atoms with E-state index in [0.717, 1.165) is 55.7 Å². The van der Waals surface area contributed by atoms with E-state index in [2.05, 4.69) is 13.8 Å². The van der Waals surface area contributed by atoms with Gasteiger partial charge in [-0.25, -0.2) is 4.79 Å². The first-order valence-corrected chi connectivity index (χ1v) is 14.9. The number of carbonyl (C=O) groups excluding carboxylic acids is 2. The molecule has 2 rings (SSSR count). The summed E-state index contributed by atoms with van der Waals surface area (Å²) in [6.07, 6.45) is 13.9. The van der Waals surface area contributed by atoms with Gasteiger partial charge < -0.3 is 14.2 Å². The van der Waals surface area contributed by atoms with Gasteiger partial charge in [0.2, 0.25) is 5.82 Å². The fraction of sp³-hybridized carbons (Fsp3) is 0.793. The molecular formula is C29H47FN2O7. The smallest absolute Gasteiger partial charge is 0.330 e. The van der Waals surface area contributed by atoms with Crippen LogP contribution in [-0.4, -0.2) is 40.3 Å². The minimum absolute atomic E-state index is 0.0636. The maximum absolute atomic E-state index is 13.9. The number of hydrogen-bond donors (Lipinski definition) is 1. The molecule has 10 heteroatoms. The van der Waals surface area contributed by atoms with E-state index in [1.165, 1.54) is 38.5 Å². The quantitative estimate of drug-likeness (QED) is 0.162. The highest BCUT2D eigenvalue weighted by molar-refractivity contribution is 5.70. The molecule has 1 unspecified atom stereocenters. The van der Waals surface area contributed by atoms with Crippen LogP contribution in [0.15, 0.2) is 15.8 Å². The van der Waals surface area contributed by atoms with Gasteiger partial charge >= 0.3 is 17.6 Å². The Kier molecular flexibility index (Phi) is 15.7. The molecule has 1 saturated heterocycles. The van der Waals surface area contributed by atoms with E-state index in [4.69, 9.17) is 14.2 Å². The van der Waals surface area contributed by atoms with Gasteiger partial charge in [-0.2, -0.15) is 4.39 Å². The number of ether oxygens (including phenoxy) is 3. The van der Waals surface area contributed by atoms with Crippen molar-refractivity contribution < 1.29 is 28.2 Å². The van der Waals surface area contributed by atoms with Gasteiger partial charge in [-0.3, -0.25) is 23.9 Å². The number of nitrogens with one attached hydrogen (secondary N) is 1. The van der Waals surface area contributed by atoms with Crippen LogP contribution < -0.4 is 11.2 Å². The van der Waals surface area contributed by atoms with Crippen molar-refractivity contribution in [2.24, 2.45) is 0 Å². The Balaban J connectivity index is 1.88. The number of hydrogen-bond acceptors (Lipinski definition) is 7. The molecule has 0 amide bonds. The largest absolute Gasteiger partial charge is 0.463 e. The SMILES string of the molecule is CCCCCCCCCC(=O)OC[C@@H]1O[C@H](n2cc(F)c(=O)[nH]c2=O)CC1OC(=O)CCCCCCCCC. The van der Waals surface area contributed by atoms with Crippen molar-refractivity contribution in [2.45, 2.75) is 141 Å². The average molecular weight is 555 g/mol. The number of nitrogens with zero attached hydrogens (tertiary/aromatic N) is 1. The monoisotopic (exact) mass is 554 g/mol. The molecule has 1 aromatic heterocycles. The lowest BCUT2D eigenvalue weighted by molar-refractivity contribution is -0.158. The van der Waals surface area contributed by atoms with Crippen LogP contribution in [0.3, 0.4) is 0 Å². The summed E-state index contributed by atoms with van der Waals surface area (Å²) in [5.74, 6) is -1.89. The van der Waals surface area contributed by atoms with Crippen LogP contribution in [0.5, 0.6) is 0 Å². The molecule has 222 valence electrons. The molecular weight excluding hydrogens is 507 g/mol. The fourth-order valence-corrected chi connectivity index (χ4v) is 4.75. The number of carbonyl (C=O) groups is 2. The standard InChI is InChI=1S/C29H47FN2O7/c1-3-5-7-9-11-13-15-17-26(33)37-21-24-23(39-27(34)18-16-14-12-10-8-6-4-2)19-25(38-24)32-20-22(30)28(35)31-29(32)36/h20,23-25H,3-19,21H2,1-2H3,(H,31,35,36)/t23?,24-,25-/m0/s1. The highest BCUT2D eigenvalue weighted by atomic mass is 19.1. The minimum atomic E-state index is -1.13. The van der Waals surface area contributed by atoms with Gasteiger partial charge in [-0.15, -0.1) is 0 Å². The third-order valence-corrected chi connectivity index (χ3v) is 7.08. The summed E-state index contributed by atoms with van der Waals surface area (Å²) < 4.78 is 31.7. The number of unbranched alkanes of at least 4 members (excludes halogenated alkanes) is 12. The summed E-state index contributed by atoms with van der Waals surface area (Å²) >= 11 is 0. The zero-order valence-electron chi connectivity index (χ0n) is 23.7. The summed E-state index contributed by atoms with van der Waals surface area (Å²) in [7, 11) is 0. The molecule has 0 saturated carbocycles. The zero-order valence-corrected chi connectivity index (χ0v) is 23.7. The second-order valence-electron chi connectivity index (χ2n) is 10.5. The lowest BCUT2D eigenvalue weighted by Crippen LogP contribution is -2.34. The van der Waals surface area contributed by atoms with Gasteiger partial charge in [0.25, 0.3) is 5.56 Å². The third-order valence-electron chi connectivity index (χ3n) is 7.08. The molecule has 1 N–H and O–H groups in total. The Bertz CT molecular complexity index is 977. The van der Waals surface area contributed by atoms with Crippen molar-refractivity contribution in [2.75, 3.05) is 6.61 Å². The predicted molar refractivity (Wildman–Crippen MR) is 146 cm³/mol. The molecule has 9 nitrogen and oxygen atoms in total. The molecule has 1 fully saturated rings. The number of aromatic amines is 1. The summed E-state index contributed by atoms with van der Waals surface area (Å²) in [4.78, 5) is 50.4. The Labute approximate surface area is 230 Å². The van der Waals surface area contributed by atoms with Gasteiger partial charge in [0, 0.05) is 19.3 Å². The lowest BCUT2D eigenvalue weighted by atomic mass is 10.1. The van der Waals surface area contributed by atoms with E-state index < -0.39 is 41.5 Å². The molecule has 0 aliphatic carbocycles. The topological polar surface area (TPSA) is 117 Å². The number of H-pyrrole nitrogens is 1. The number of esters is 2. The molecule has 0 spiro atoms. The molecule has 39 heavy (non-hydrogen) atoms. The van der Waals surface area contributed by atoms with Gasteiger partial charge in [0.05, 0.1) is 6.20 Å². The molecule has 0 radical (unpaired) electrons. The Morgan fingerprint density at radius 1 is 0.897 bits per heavy atom. The molecule has 2 heterocycles. The van der Waals surface area contributed by atoms with Gasteiger partial charge in [0.15, 0.2) is 0 Å². The lowest BCUT2D eigenvalue weighted by Gasteiger charge is -2.19. The van der Waals surface area contributed by atoms with E-state index in [-0.39, 0.29) is 31.8 Å². The number of halogens is 1. The van der Waals surface area contributed by atoms with Crippen molar-refractivity contribution in [1.29, 1.82) is 0 Å². The van der Waals surface area contributed by atoms with Crippen LogP contribution in [-0.2, 0) is 23.8 Å². The molecule has 0 bridgehead atoms. The Morgan fingerprint density at radius 3 is 2.03 bits per heavy atom. The van der Waals surface area contributed by atoms with Crippen LogP contribution >= 0.6 is 0 Å². The zero-order chi connectivity index (χ0) is 28.5. The molecule has 1 aliphatic rings. The normalized spacial score (nSPS) is 18.8. The second-order valence-corrected chi connectivity index (χ2v) is 10.5. The highest BCUT2D eigenvalue weighted by Crippen LogP contribution is 2.31. The molecule has 3 atom stereocenters. The first-order valence-electron chi connectivity index (χ1n) is 14.9. The Hall–Kier alpha value is -2.49. The molecule has 1 aromatic rings. The first kappa shape index (κ1) is 32.7. The van der Waals surface area contributed by atoms with Crippen LogP contribution in [0.2, 0.25) is 0 Å². The molecule has 0 aromatic carbocycles. The second kappa shape index (κ2) is 18.7. The van der Waals surface area contributed by atoms with Crippen LogP contribution in [0.4, 0.5) is 4.39 Å². The summed E-state index contributed by atoms with van der Waals surface area (Å²) in [6, 6.07) is 0. The van der Waals surface area contributed by atoms with Gasteiger partial charge in [-0.1, -0.05) is 90.9 Å². The van der Waals surface area contributed by atoms with Crippen molar-refractivity contribution in [3.63, 3.8) is 0 Å². The average Bonchev–Trinajstić information content (AvgIpc) is 3.30. The van der Waals surface area contributed by atoms with E-state index in [1.54, 1.807) is 0 Å². The fourth-order valence-electron chi connectivity index (χ4n) is 4.75. The van der Waals surface area contributed by atoms with Crippen molar-refractivity contribution >= 4 is 11.9 Å². The van der Waals surface area contributed by atoms with Gasteiger partial charge in [0.1, 0.15) is 25.0 Å². The highest BCUT2D eigenvalue weighted by Gasteiger charge is 2.40. The van der Waals surface area contributed by atoms with E-state index in [0.29, 0.717) is 6.42 Å². The van der Waals surface area contributed by atoms with E-state index in [1.807, 2.05) is 4.98 Å². The summed E-state index contributed by atoms with van der Waals surface area (Å²) in [5.41, 5.74) is -1.96. The molecule has 1 aliphatic heterocycles. The van der Waals surface area contributed by atoms with Crippen LogP contribution in [0.1, 0.15) is 129 Å². The van der Waals surface area contributed by atoms with Crippen LogP contribution in [0.25, 0.3) is 0 Å². The van der Waals surface area contributed by atoms with Crippen molar-refractivity contribution in [1.82, 2.24) is 9.55 Å². The first-order chi connectivity index (χ1) is 18.8. The predicted octanol–water partition coefficient (Wildman–Crippen LogP) is 5.70. The van der Waals surface area contributed by atoms with E-state index >= 15 is 0 Å². The minimum Gasteiger partial charge on any atom is -0.463 e. The third kappa shape index (κ3) is 12.5. The van der Waals surface area contributed by atoms with Gasteiger partial charge in [-0.05, 0) is 12.8 Å². The maximum Gasteiger partial charge on any atom is 0.330 e. The maximum atomic E-state index is 13.9. The van der Waals surface area contributed by atoms with Crippen molar-refractivity contribution in [3.05, 3.63) is 32.9 Å². The van der Waals surface area contributed by atoms with Crippen LogP contribution in [0, 0.1) is 5.82 Å².